The third-order valence-electron chi connectivity index (χ3n) is 3.98. The molecule has 1 aromatic heterocycles. The summed E-state index contributed by atoms with van der Waals surface area (Å²) in [5, 5.41) is 4.44. The standard InChI is InChI=1S/C14H25N3O/c1-3-12-8-13(17(2)16-12)10-18-14-7-5-4-6-11(14)9-15/h8,11,14H,3-7,9-10,15H2,1-2H3. The zero-order valence-corrected chi connectivity index (χ0v) is 11.6. The molecule has 2 rings (SSSR count). The van der Waals surface area contributed by atoms with Crippen LogP contribution in [-0.2, 0) is 24.8 Å². The maximum atomic E-state index is 6.07. The Balaban J connectivity index is 1.91. The van der Waals surface area contributed by atoms with E-state index in [1.165, 1.54) is 19.3 Å². The van der Waals surface area contributed by atoms with Crippen LogP contribution in [0.2, 0.25) is 0 Å². The molecule has 18 heavy (non-hydrogen) atoms. The molecule has 1 fully saturated rings. The molecule has 0 aromatic carbocycles. The Labute approximate surface area is 110 Å². The van der Waals surface area contributed by atoms with E-state index in [9.17, 15) is 0 Å². The second kappa shape index (κ2) is 6.34. The van der Waals surface area contributed by atoms with Crippen molar-refractivity contribution in [3.63, 3.8) is 0 Å². The van der Waals surface area contributed by atoms with Crippen LogP contribution in [0.1, 0.15) is 44.0 Å². The molecule has 0 aliphatic heterocycles. The maximum Gasteiger partial charge on any atom is 0.0888 e. The first kappa shape index (κ1) is 13.6. The van der Waals surface area contributed by atoms with Crippen molar-refractivity contribution in [3.05, 3.63) is 17.5 Å². The average molecular weight is 251 g/mol. The Hall–Kier alpha value is -0.870. The topological polar surface area (TPSA) is 53.1 Å². The van der Waals surface area contributed by atoms with Gasteiger partial charge in [0.05, 0.1) is 24.1 Å². The van der Waals surface area contributed by atoms with Crippen molar-refractivity contribution in [3.8, 4) is 0 Å². The van der Waals surface area contributed by atoms with E-state index in [1.54, 1.807) is 0 Å². The molecule has 102 valence electrons. The molecule has 4 heteroatoms. The van der Waals surface area contributed by atoms with Gasteiger partial charge in [0.1, 0.15) is 0 Å². The SMILES string of the molecule is CCc1cc(COC2CCCCC2CN)n(C)n1. The fourth-order valence-corrected chi connectivity index (χ4v) is 2.73. The zero-order valence-electron chi connectivity index (χ0n) is 11.6. The Morgan fingerprint density at radius 1 is 1.44 bits per heavy atom. The van der Waals surface area contributed by atoms with E-state index in [4.69, 9.17) is 10.5 Å². The third kappa shape index (κ3) is 3.12. The zero-order chi connectivity index (χ0) is 13.0. The summed E-state index contributed by atoms with van der Waals surface area (Å²) in [7, 11) is 1.99. The Morgan fingerprint density at radius 3 is 2.89 bits per heavy atom. The molecule has 0 bridgehead atoms. The summed E-state index contributed by atoms with van der Waals surface area (Å²) in [5.41, 5.74) is 8.12. The van der Waals surface area contributed by atoms with Crippen LogP contribution in [0, 0.1) is 5.92 Å². The van der Waals surface area contributed by atoms with Gasteiger partial charge in [-0.1, -0.05) is 19.8 Å². The molecule has 0 spiro atoms. The van der Waals surface area contributed by atoms with Gasteiger partial charge in [0.2, 0.25) is 0 Å². The van der Waals surface area contributed by atoms with E-state index < -0.39 is 0 Å². The lowest BCUT2D eigenvalue weighted by Crippen LogP contribution is -2.33. The van der Waals surface area contributed by atoms with E-state index in [-0.39, 0.29) is 0 Å². The molecule has 1 aliphatic rings. The second-order valence-electron chi connectivity index (χ2n) is 5.23. The van der Waals surface area contributed by atoms with Gasteiger partial charge in [-0.05, 0) is 37.8 Å². The minimum atomic E-state index is 0.337. The summed E-state index contributed by atoms with van der Waals surface area (Å²) in [6, 6.07) is 2.14. The summed E-state index contributed by atoms with van der Waals surface area (Å²) in [5.74, 6) is 0.539. The summed E-state index contributed by atoms with van der Waals surface area (Å²) in [6.45, 7) is 3.53. The lowest BCUT2D eigenvalue weighted by atomic mass is 9.86. The highest BCUT2D eigenvalue weighted by molar-refractivity contribution is 5.09. The van der Waals surface area contributed by atoms with Gasteiger partial charge in [0.25, 0.3) is 0 Å². The van der Waals surface area contributed by atoms with Gasteiger partial charge in [-0.3, -0.25) is 4.68 Å². The molecule has 2 N–H and O–H groups in total. The Bertz CT molecular complexity index is 375. The van der Waals surface area contributed by atoms with Crippen molar-refractivity contribution in [2.75, 3.05) is 6.54 Å². The Morgan fingerprint density at radius 2 is 2.22 bits per heavy atom. The van der Waals surface area contributed by atoms with Crippen molar-refractivity contribution in [1.82, 2.24) is 9.78 Å². The summed E-state index contributed by atoms with van der Waals surface area (Å²) in [6.07, 6.45) is 6.25. The van der Waals surface area contributed by atoms with Crippen molar-refractivity contribution in [2.24, 2.45) is 18.7 Å². The van der Waals surface area contributed by atoms with Crippen LogP contribution in [0.15, 0.2) is 6.07 Å². The number of hydrogen-bond acceptors (Lipinski definition) is 3. The van der Waals surface area contributed by atoms with E-state index in [0.717, 1.165) is 30.8 Å². The number of rotatable bonds is 5. The van der Waals surface area contributed by atoms with Crippen LogP contribution in [0.3, 0.4) is 0 Å². The van der Waals surface area contributed by atoms with Gasteiger partial charge in [0.15, 0.2) is 0 Å². The maximum absolute atomic E-state index is 6.07. The predicted octanol–water partition coefficient (Wildman–Crippen LogP) is 2.02. The number of aryl methyl sites for hydroxylation is 2. The van der Waals surface area contributed by atoms with Crippen molar-refractivity contribution >= 4 is 0 Å². The van der Waals surface area contributed by atoms with Crippen LogP contribution in [0.5, 0.6) is 0 Å². The number of ether oxygens (including phenoxy) is 1. The van der Waals surface area contributed by atoms with Crippen LogP contribution in [-0.4, -0.2) is 22.4 Å². The van der Waals surface area contributed by atoms with Gasteiger partial charge in [-0.15, -0.1) is 0 Å². The van der Waals surface area contributed by atoms with Gasteiger partial charge in [-0.25, -0.2) is 0 Å². The fraction of sp³-hybridized carbons (Fsp3) is 0.786. The highest BCUT2D eigenvalue weighted by Crippen LogP contribution is 2.26. The van der Waals surface area contributed by atoms with E-state index >= 15 is 0 Å². The number of hydrogen-bond donors (Lipinski definition) is 1. The number of aromatic nitrogens is 2. The number of nitrogens with two attached hydrogens (primary N) is 1. The van der Waals surface area contributed by atoms with Crippen molar-refractivity contribution in [1.29, 1.82) is 0 Å². The van der Waals surface area contributed by atoms with Crippen molar-refractivity contribution in [2.45, 2.75) is 51.7 Å². The lowest BCUT2D eigenvalue weighted by molar-refractivity contribution is -0.0206. The van der Waals surface area contributed by atoms with E-state index in [2.05, 4.69) is 18.1 Å². The van der Waals surface area contributed by atoms with Gasteiger partial charge < -0.3 is 10.5 Å². The average Bonchev–Trinajstić information content (AvgIpc) is 2.77. The van der Waals surface area contributed by atoms with Gasteiger partial charge in [0, 0.05) is 7.05 Å². The molecule has 4 nitrogen and oxygen atoms in total. The van der Waals surface area contributed by atoms with Crippen LogP contribution < -0.4 is 5.73 Å². The summed E-state index contributed by atoms with van der Waals surface area (Å²) in [4.78, 5) is 0. The van der Waals surface area contributed by atoms with E-state index in [0.29, 0.717) is 18.6 Å². The second-order valence-corrected chi connectivity index (χ2v) is 5.23. The first-order chi connectivity index (χ1) is 8.74. The molecule has 1 heterocycles. The Kier molecular flexibility index (Phi) is 4.78. The van der Waals surface area contributed by atoms with Gasteiger partial charge >= 0.3 is 0 Å². The minimum Gasteiger partial charge on any atom is -0.372 e. The minimum absolute atomic E-state index is 0.337. The first-order valence-electron chi connectivity index (χ1n) is 7.08. The molecule has 1 saturated carbocycles. The van der Waals surface area contributed by atoms with E-state index in [1.807, 2.05) is 11.7 Å². The normalized spacial score (nSPS) is 24.4. The molecular formula is C14H25N3O. The molecule has 2 atom stereocenters. The molecule has 2 unspecified atom stereocenters. The molecule has 0 amide bonds. The van der Waals surface area contributed by atoms with Crippen LogP contribution >= 0.6 is 0 Å². The highest BCUT2D eigenvalue weighted by Gasteiger charge is 2.24. The first-order valence-corrected chi connectivity index (χ1v) is 7.08. The lowest BCUT2D eigenvalue weighted by Gasteiger charge is -2.30. The smallest absolute Gasteiger partial charge is 0.0888 e. The summed E-state index contributed by atoms with van der Waals surface area (Å²) < 4.78 is 8.00. The van der Waals surface area contributed by atoms with Gasteiger partial charge in [-0.2, -0.15) is 5.10 Å². The third-order valence-corrected chi connectivity index (χ3v) is 3.98. The molecule has 0 radical (unpaired) electrons. The summed E-state index contributed by atoms with van der Waals surface area (Å²) >= 11 is 0. The fourth-order valence-electron chi connectivity index (χ4n) is 2.73. The predicted molar refractivity (Wildman–Crippen MR) is 72.2 cm³/mol. The molecule has 1 aliphatic carbocycles. The van der Waals surface area contributed by atoms with Crippen LogP contribution in [0.25, 0.3) is 0 Å². The van der Waals surface area contributed by atoms with Crippen molar-refractivity contribution < 1.29 is 4.74 Å². The molecule has 0 saturated heterocycles. The van der Waals surface area contributed by atoms with Crippen LogP contribution in [0.4, 0.5) is 0 Å². The largest absolute Gasteiger partial charge is 0.372 e. The quantitative estimate of drug-likeness (QED) is 0.871. The molecule has 1 aromatic rings. The monoisotopic (exact) mass is 251 g/mol. The highest BCUT2D eigenvalue weighted by atomic mass is 16.5. The number of nitrogens with zero attached hydrogens (tertiary/aromatic N) is 2. The molecular weight excluding hydrogens is 226 g/mol.